The van der Waals surface area contributed by atoms with Crippen molar-refractivity contribution < 1.29 is 4.74 Å². The first-order valence-electron chi connectivity index (χ1n) is 6.74. The van der Waals surface area contributed by atoms with Crippen LogP contribution in [0.1, 0.15) is 36.2 Å². The third-order valence-corrected chi connectivity index (χ3v) is 3.32. The zero-order chi connectivity index (χ0) is 13.9. The Kier molecular flexibility index (Phi) is 3.60. The average molecular weight is 274 g/mol. The van der Waals surface area contributed by atoms with E-state index in [9.17, 15) is 0 Å². The van der Waals surface area contributed by atoms with Crippen molar-refractivity contribution in [3.05, 3.63) is 29.7 Å². The maximum absolute atomic E-state index is 5.10. The van der Waals surface area contributed by atoms with Crippen molar-refractivity contribution in [3.63, 3.8) is 0 Å². The van der Waals surface area contributed by atoms with Gasteiger partial charge >= 0.3 is 0 Å². The van der Waals surface area contributed by atoms with E-state index < -0.39 is 0 Å². The predicted molar refractivity (Wildman–Crippen MR) is 73.1 cm³/mol. The van der Waals surface area contributed by atoms with Crippen LogP contribution in [0.25, 0.3) is 0 Å². The van der Waals surface area contributed by atoms with Crippen LogP contribution in [-0.4, -0.2) is 31.8 Å². The van der Waals surface area contributed by atoms with E-state index in [-0.39, 0.29) is 6.04 Å². The summed E-state index contributed by atoms with van der Waals surface area (Å²) >= 11 is 0. The smallest absolute Gasteiger partial charge is 0.176 e. The summed E-state index contributed by atoms with van der Waals surface area (Å²) in [7, 11) is 1.65. The van der Waals surface area contributed by atoms with Gasteiger partial charge in [-0.1, -0.05) is 0 Å². The number of rotatable bonds is 4. The Bertz CT molecular complexity index is 596. The second kappa shape index (κ2) is 5.54. The molecule has 0 amide bonds. The number of fused-ring (bicyclic) bond motifs is 1. The highest BCUT2D eigenvalue weighted by Crippen LogP contribution is 2.26. The van der Waals surface area contributed by atoms with Gasteiger partial charge in [-0.05, 0) is 19.8 Å². The third-order valence-electron chi connectivity index (χ3n) is 3.32. The summed E-state index contributed by atoms with van der Waals surface area (Å²) in [6.07, 6.45) is 3.67. The van der Waals surface area contributed by atoms with Gasteiger partial charge in [-0.25, -0.2) is 19.6 Å². The maximum Gasteiger partial charge on any atom is 0.176 e. The first kappa shape index (κ1) is 13.0. The summed E-state index contributed by atoms with van der Waals surface area (Å²) in [6, 6.07) is 2.07. The number of nitrogens with one attached hydrogen (secondary N) is 1. The Balaban J connectivity index is 1.82. The van der Waals surface area contributed by atoms with Gasteiger partial charge in [-0.3, -0.25) is 0 Å². The van der Waals surface area contributed by atoms with Gasteiger partial charge in [0.2, 0.25) is 0 Å². The molecule has 2 aromatic heterocycles. The molecule has 7 nitrogen and oxygen atoms in total. The Hall–Kier alpha value is -2.02. The molecule has 0 spiro atoms. The summed E-state index contributed by atoms with van der Waals surface area (Å²) in [5.41, 5.74) is 0.944. The molecule has 1 N–H and O–H groups in total. The predicted octanol–water partition coefficient (Wildman–Crippen LogP) is 1.47. The second-order valence-electron chi connectivity index (χ2n) is 4.93. The molecule has 0 radical (unpaired) electrons. The van der Waals surface area contributed by atoms with E-state index in [0.29, 0.717) is 6.61 Å². The van der Waals surface area contributed by atoms with Gasteiger partial charge in [0.05, 0.1) is 6.04 Å². The first-order chi connectivity index (χ1) is 9.76. The Morgan fingerprint density at radius 3 is 3.15 bits per heavy atom. The molecular weight excluding hydrogens is 256 g/mol. The van der Waals surface area contributed by atoms with E-state index >= 15 is 0 Å². The second-order valence-corrected chi connectivity index (χ2v) is 4.93. The number of hydrogen-bond acceptors (Lipinski definition) is 6. The lowest BCUT2D eigenvalue weighted by atomic mass is 10.1. The minimum Gasteiger partial charge on any atom is -0.377 e. The maximum atomic E-state index is 5.10. The third kappa shape index (κ3) is 2.62. The minimum atomic E-state index is 0.135. The number of anilines is 1. The lowest BCUT2D eigenvalue weighted by Crippen LogP contribution is -2.23. The van der Waals surface area contributed by atoms with Crippen LogP contribution in [-0.2, 0) is 17.9 Å². The van der Waals surface area contributed by atoms with Crippen LogP contribution in [0.5, 0.6) is 0 Å². The molecule has 3 rings (SSSR count). The van der Waals surface area contributed by atoms with Gasteiger partial charge in [0.1, 0.15) is 24.6 Å². The highest BCUT2D eigenvalue weighted by atomic mass is 16.5. The Morgan fingerprint density at radius 1 is 1.45 bits per heavy atom. The number of hydrogen-bond donors (Lipinski definition) is 1. The summed E-state index contributed by atoms with van der Waals surface area (Å²) in [5.74, 6) is 2.52. The molecule has 20 heavy (non-hydrogen) atoms. The van der Waals surface area contributed by atoms with Crippen LogP contribution in [0.2, 0.25) is 0 Å². The molecule has 0 saturated carbocycles. The van der Waals surface area contributed by atoms with E-state index in [0.717, 1.165) is 42.5 Å². The lowest BCUT2D eigenvalue weighted by Gasteiger charge is -2.23. The average Bonchev–Trinajstić information content (AvgIpc) is 2.83. The fourth-order valence-electron chi connectivity index (χ4n) is 2.44. The first-order valence-corrected chi connectivity index (χ1v) is 6.74. The van der Waals surface area contributed by atoms with E-state index in [1.165, 1.54) is 0 Å². The van der Waals surface area contributed by atoms with E-state index in [2.05, 4.69) is 25.4 Å². The molecule has 3 heterocycles. The van der Waals surface area contributed by atoms with Crippen molar-refractivity contribution in [2.45, 2.75) is 39.0 Å². The fourth-order valence-corrected chi connectivity index (χ4v) is 2.44. The summed E-state index contributed by atoms with van der Waals surface area (Å²) in [6.45, 7) is 3.30. The molecule has 2 aromatic rings. The van der Waals surface area contributed by atoms with Gasteiger partial charge in [-0.15, -0.1) is 0 Å². The van der Waals surface area contributed by atoms with Crippen molar-refractivity contribution in [1.29, 1.82) is 0 Å². The molecule has 1 atom stereocenters. The van der Waals surface area contributed by atoms with Crippen molar-refractivity contribution in [2.75, 3.05) is 12.4 Å². The standard InChI is InChI=1S/C13H18N6O/c1-9-6-11(15-8-14-9)16-10-4-3-5-19-13(10)17-12(18-19)7-20-2/h6,8,10H,3-5,7H2,1-2H3,(H,14,15,16). The summed E-state index contributed by atoms with van der Waals surface area (Å²) < 4.78 is 7.06. The number of ether oxygens (including phenoxy) is 1. The van der Waals surface area contributed by atoms with Gasteiger partial charge in [0.15, 0.2) is 5.82 Å². The number of aromatic nitrogens is 5. The topological polar surface area (TPSA) is 77.8 Å². The molecule has 1 aliphatic heterocycles. The van der Waals surface area contributed by atoms with E-state index in [4.69, 9.17) is 4.74 Å². The molecule has 1 aliphatic rings. The van der Waals surface area contributed by atoms with Crippen LogP contribution in [0.4, 0.5) is 5.82 Å². The molecule has 106 valence electrons. The summed E-state index contributed by atoms with van der Waals surface area (Å²) in [4.78, 5) is 12.9. The van der Waals surface area contributed by atoms with Crippen LogP contribution >= 0.6 is 0 Å². The van der Waals surface area contributed by atoms with Crippen molar-refractivity contribution in [1.82, 2.24) is 24.7 Å². The monoisotopic (exact) mass is 274 g/mol. The largest absolute Gasteiger partial charge is 0.377 e. The zero-order valence-corrected chi connectivity index (χ0v) is 11.7. The Labute approximate surface area is 117 Å². The summed E-state index contributed by atoms with van der Waals surface area (Å²) in [5, 5.41) is 7.88. The van der Waals surface area contributed by atoms with Crippen LogP contribution < -0.4 is 5.32 Å². The van der Waals surface area contributed by atoms with Crippen molar-refractivity contribution >= 4 is 5.82 Å². The minimum absolute atomic E-state index is 0.135. The molecule has 0 aromatic carbocycles. The van der Waals surface area contributed by atoms with Crippen molar-refractivity contribution in [2.24, 2.45) is 0 Å². The quantitative estimate of drug-likeness (QED) is 0.909. The normalized spacial score (nSPS) is 17.8. The van der Waals surface area contributed by atoms with Gasteiger partial charge < -0.3 is 10.1 Å². The fraction of sp³-hybridized carbons (Fsp3) is 0.538. The van der Waals surface area contributed by atoms with Gasteiger partial charge in [0.25, 0.3) is 0 Å². The van der Waals surface area contributed by atoms with E-state index in [1.807, 2.05) is 17.7 Å². The molecule has 0 aliphatic carbocycles. The highest BCUT2D eigenvalue weighted by Gasteiger charge is 2.24. The molecule has 0 fully saturated rings. The van der Waals surface area contributed by atoms with Gasteiger partial charge in [0, 0.05) is 25.4 Å². The van der Waals surface area contributed by atoms with Crippen LogP contribution in [0.15, 0.2) is 12.4 Å². The van der Waals surface area contributed by atoms with Crippen LogP contribution in [0, 0.1) is 6.92 Å². The molecular formula is C13H18N6O. The van der Waals surface area contributed by atoms with Crippen molar-refractivity contribution in [3.8, 4) is 0 Å². The lowest BCUT2D eigenvalue weighted by molar-refractivity contribution is 0.177. The molecule has 0 saturated heterocycles. The SMILES string of the molecule is COCc1nc2n(n1)CCCC2Nc1cc(C)ncn1. The molecule has 0 bridgehead atoms. The van der Waals surface area contributed by atoms with E-state index in [1.54, 1.807) is 13.4 Å². The number of nitrogens with zero attached hydrogens (tertiary/aromatic N) is 5. The van der Waals surface area contributed by atoms with Crippen LogP contribution in [0.3, 0.4) is 0 Å². The molecule has 1 unspecified atom stereocenters. The van der Waals surface area contributed by atoms with Gasteiger partial charge in [-0.2, -0.15) is 5.10 Å². The number of methoxy groups -OCH3 is 1. The molecule has 7 heteroatoms. The Morgan fingerprint density at radius 2 is 2.35 bits per heavy atom. The number of aryl methyl sites for hydroxylation is 2. The zero-order valence-electron chi connectivity index (χ0n) is 11.7. The highest BCUT2D eigenvalue weighted by molar-refractivity contribution is 5.36.